The molecule has 2 N–H and O–H groups in total. The Morgan fingerprint density at radius 1 is 1.39 bits per heavy atom. The Bertz CT molecular complexity index is 741. The van der Waals surface area contributed by atoms with Gasteiger partial charge in [0.1, 0.15) is 5.76 Å². The number of carbonyl (C=O) groups is 1. The van der Waals surface area contributed by atoms with Crippen molar-refractivity contribution < 1.29 is 9.21 Å². The van der Waals surface area contributed by atoms with Crippen molar-refractivity contribution in [2.24, 2.45) is 0 Å². The highest BCUT2D eigenvalue weighted by Gasteiger charge is 2.20. The largest absolute Gasteiger partial charge is 0.438 e. The lowest BCUT2D eigenvalue weighted by Crippen LogP contribution is -2.14. The van der Waals surface area contributed by atoms with Gasteiger partial charge in [-0.3, -0.25) is 4.79 Å². The Labute approximate surface area is 102 Å². The van der Waals surface area contributed by atoms with Crippen LogP contribution in [0, 0.1) is 6.92 Å². The molecule has 0 unspecified atom stereocenters. The number of nitrogens with zero attached hydrogens (tertiary/aromatic N) is 3. The molecule has 0 aliphatic carbocycles. The first-order chi connectivity index (χ1) is 8.66. The van der Waals surface area contributed by atoms with Crippen molar-refractivity contribution >= 4 is 22.9 Å². The summed E-state index contributed by atoms with van der Waals surface area (Å²) in [4.78, 5) is 20.3. The van der Waals surface area contributed by atoms with E-state index in [1.54, 1.807) is 19.1 Å². The van der Waals surface area contributed by atoms with Gasteiger partial charge < -0.3 is 10.2 Å². The van der Waals surface area contributed by atoms with Crippen LogP contribution in [0.25, 0.3) is 11.0 Å². The van der Waals surface area contributed by atoms with E-state index in [0.717, 1.165) is 0 Å². The summed E-state index contributed by atoms with van der Waals surface area (Å²) in [6, 6.07) is 7.20. The van der Waals surface area contributed by atoms with E-state index >= 15 is 0 Å². The SMILES string of the molecule is Cc1cnc(C(=O)n2c(N)nc3ccccc32)o1. The highest BCUT2D eigenvalue weighted by molar-refractivity contribution is 6.00. The van der Waals surface area contributed by atoms with Crippen LogP contribution < -0.4 is 5.73 Å². The van der Waals surface area contributed by atoms with E-state index in [1.165, 1.54) is 10.8 Å². The predicted octanol–water partition coefficient (Wildman–Crippen LogP) is 1.60. The van der Waals surface area contributed by atoms with E-state index in [2.05, 4.69) is 9.97 Å². The maximum absolute atomic E-state index is 12.2. The zero-order chi connectivity index (χ0) is 12.7. The Morgan fingerprint density at radius 2 is 2.17 bits per heavy atom. The minimum absolute atomic E-state index is 0.00218. The first kappa shape index (κ1) is 10.5. The summed E-state index contributed by atoms with van der Waals surface area (Å²) in [5, 5.41) is 0. The van der Waals surface area contributed by atoms with Gasteiger partial charge in [-0.15, -0.1) is 0 Å². The summed E-state index contributed by atoms with van der Waals surface area (Å²) in [7, 11) is 0. The minimum Gasteiger partial charge on any atom is -0.438 e. The van der Waals surface area contributed by atoms with Gasteiger partial charge in [-0.05, 0) is 19.1 Å². The van der Waals surface area contributed by atoms with Gasteiger partial charge in [-0.25, -0.2) is 14.5 Å². The molecule has 6 nitrogen and oxygen atoms in total. The molecule has 0 amide bonds. The molecule has 3 aromatic rings. The zero-order valence-electron chi connectivity index (χ0n) is 9.62. The van der Waals surface area contributed by atoms with Gasteiger partial charge in [0.05, 0.1) is 17.2 Å². The smallest absolute Gasteiger partial charge is 0.321 e. The molecule has 18 heavy (non-hydrogen) atoms. The summed E-state index contributed by atoms with van der Waals surface area (Å²) in [6.07, 6.45) is 1.49. The Hall–Kier alpha value is -2.63. The number of para-hydroxylation sites is 2. The van der Waals surface area contributed by atoms with Crippen molar-refractivity contribution in [2.45, 2.75) is 6.92 Å². The van der Waals surface area contributed by atoms with Crippen LogP contribution in [0.15, 0.2) is 34.9 Å². The van der Waals surface area contributed by atoms with Crippen molar-refractivity contribution in [2.75, 3.05) is 5.73 Å². The third-order valence-corrected chi connectivity index (χ3v) is 2.59. The number of anilines is 1. The second-order valence-electron chi connectivity index (χ2n) is 3.88. The third kappa shape index (κ3) is 1.46. The molecule has 0 radical (unpaired) electrons. The topological polar surface area (TPSA) is 86.9 Å². The number of oxazole rings is 1. The Balaban J connectivity index is 2.20. The number of benzene rings is 1. The third-order valence-electron chi connectivity index (χ3n) is 2.59. The second-order valence-corrected chi connectivity index (χ2v) is 3.88. The lowest BCUT2D eigenvalue weighted by atomic mass is 10.3. The molecular weight excluding hydrogens is 232 g/mol. The molecule has 90 valence electrons. The molecule has 0 spiro atoms. The van der Waals surface area contributed by atoms with Gasteiger partial charge in [0.15, 0.2) is 0 Å². The van der Waals surface area contributed by atoms with E-state index in [1.807, 2.05) is 12.1 Å². The number of hydrogen-bond acceptors (Lipinski definition) is 5. The molecule has 2 aromatic heterocycles. The zero-order valence-corrected chi connectivity index (χ0v) is 9.62. The minimum atomic E-state index is -0.422. The van der Waals surface area contributed by atoms with Crippen molar-refractivity contribution in [3.8, 4) is 0 Å². The molecule has 3 rings (SSSR count). The average Bonchev–Trinajstić information content (AvgIpc) is 2.91. The van der Waals surface area contributed by atoms with Crippen LogP contribution in [0.1, 0.15) is 16.4 Å². The lowest BCUT2D eigenvalue weighted by molar-refractivity contribution is 0.0931. The van der Waals surface area contributed by atoms with Gasteiger partial charge in [-0.2, -0.15) is 0 Å². The number of hydrogen-bond donors (Lipinski definition) is 1. The standard InChI is InChI=1S/C12H10N4O2/c1-7-6-14-10(18-7)11(17)16-9-5-3-2-4-8(9)15-12(16)13/h2-6H,1H3,(H2,13,15). The summed E-state index contributed by atoms with van der Waals surface area (Å²) in [6.45, 7) is 1.72. The van der Waals surface area contributed by atoms with Crippen molar-refractivity contribution in [1.29, 1.82) is 0 Å². The molecule has 0 aliphatic heterocycles. The van der Waals surface area contributed by atoms with E-state index < -0.39 is 5.91 Å². The number of nitrogens with two attached hydrogens (primary N) is 1. The average molecular weight is 242 g/mol. The van der Waals surface area contributed by atoms with Gasteiger partial charge in [0, 0.05) is 0 Å². The van der Waals surface area contributed by atoms with Crippen molar-refractivity contribution in [3.05, 3.63) is 42.1 Å². The van der Waals surface area contributed by atoms with Crippen LogP contribution in [-0.4, -0.2) is 20.4 Å². The maximum atomic E-state index is 12.2. The Morgan fingerprint density at radius 3 is 2.89 bits per heavy atom. The van der Waals surface area contributed by atoms with Crippen LogP contribution in [0.4, 0.5) is 5.95 Å². The number of fused-ring (bicyclic) bond motifs is 1. The number of rotatable bonds is 1. The second kappa shape index (κ2) is 3.69. The highest BCUT2D eigenvalue weighted by Crippen LogP contribution is 2.19. The van der Waals surface area contributed by atoms with Crippen molar-refractivity contribution in [3.63, 3.8) is 0 Å². The molecule has 0 saturated carbocycles. The maximum Gasteiger partial charge on any atom is 0.321 e. The number of carbonyl (C=O) groups excluding carboxylic acids is 1. The Kier molecular flexibility index (Phi) is 2.16. The number of imidazole rings is 1. The molecule has 1 aromatic carbocycles. The monoisotopic (exact) mass is 242 g/mol. The molecule has 0 bridgehead atoms. The fraction of sp³-hybridized carbons (Fsp3) is 0.0833. The highest BCUT2D eigenvalue weighted by atomic mass is 16.4. The first-order valence-electron chi connectivity index (χ1n) is 5.37. The molecule has 0 aliphatic rings. The molecule has 0 fully saturated rings. The number of aromatic nitrogens is 3. The van der Waals surface area contributed by atoms with Crippen LogP contribution in [0.3, 0.4) is 0 Å². The van der Waals surface area contributed by atoms with Gasteiger partial charge in [0.25, 0.3) is 5.89 Å². The number of nitrogen functional groups attached to an aromatic ring is 1. The summed E-state index contributed by atoms with van der Waals surface area (Å²) in [5.74, 6) is 0.273. The molecule has 6 heteroatoms. The molecule has 0 saturated heterocycles. The summed E-state index contributed by atoms with van der Waals surface area (Å²) < 4.78 is 6.50. The fourth-order valence-corrected chi connectivity index (χ4v) is 1.81. The van der Waals surface area contributed by atoms with E-state index in [9.17, 15) is 4.79 Å². The quantitative estimate of drug-likeness (QED) is 0.700. The summed E-state index contributed by atoms with van der Waals surface area (Å²) >= 11 is 0. The van der Waals surface area contributed by atoms with E-state index in [0.29, 0.717) is 16.8 Å². The van der Waals surface area contributed by atoms with Crippen LogP contribution in [0.5, 0.6) is 0 Å². The molecule has 0 atom stereocenters. The van der Waals surface area contributed by atoms with Gasteiger partial charge in [-0.1, -0.05) is 12.1 Å². The van der Waals surface area contributed by atoms with E-state index in [4.69, 9.17) is 10.2 Å². The lowest BCUT2D eigenvalue weighted by Gasteiger charge is -2.00. The summed E-state index contributed by atoms with van der Waals surface area (Å²) in [5.41, 5.74) is 7.05. The van der Waals surface area contributed by atoms with Gasteiger partial charge >= 0.3 is 5.91 Å². The molecule has 2 heterocycles. The normalized spacial score (nSPS) is 10.9. The van der Waals surface area contributed by atoms with Crippen LogP contribution in [-0.2, 0) is 0 Å². The van der Waals surface area contributed by atoms with Crippen LogP contribution >= 0.6 is 0 Å². The fourth-order valence-electron chi connectivity index (χ4n) is 1.81. The van der Waals surface area contributed by atoms with Gasteiger partial charge in [0.2, 0.25) is 5.95 Å². The number of aryl methyl sites for hydroxylation is 1. The molecular formula is C12H10N4O2. The van der Waals surface area contributed by atoms with Crippen LogP contribution in [0.2, 0.25) is 0 Å². The van der Waals surface area contributed by atoms with E-state index in [-0.39, 0.29) is 11.8 Å². The first-order valence-corrected chi connectivity index (χ1v) is 5.37. The predicted molar refractivity (Wildman–Crippen MR) is 65.1 cm³/mol. The van der Waals surface area contributed by atoms with Crippen molar-refractivity contribution in [1.82, 2.24) is 14.5 Å².